The first-order chi connectivity index (χ1) is 34.3. The molecule has 17 heteroatoms. The number of methoxy groups -OCH3 is 1. The Morgan fingerprint density at radius 1 is 0.571 bits per heavy atom. The molecule has 4 aromatic carbocycles. The standard InChI is InChI=1S/C27H28N6O3.C26H26N6O2/c1-35-17-5-8-23(34)32-15-13-20(14-16-32)33-27-24(26(28)29-18-30-27)25(31-33)19-9-11-22(12-10-19)36-21-6-3-2-4-7-21;1-2-6-22(33)31-15-13-19(14-16-31)32-26-23(25(27)28-17-29-26)24(30-32)18-9-11-21(12-10-18)34-20-7-4-3-5-8-20/h2-12,18,20H,13-17H2,1H3,(H2,28,29,30);2-12,17,19H,13-16H2,1H3,(H2,27,28,29)/b8-5+;6-2+. The second-order valence-corrected chi connectivity index (χ2v) is 16.9. The number of aromatic nitrogens is 8. The van der Waals surface area contributed by atoms with E-state index < -0.39 is 0 Å². The first-order valence-electron chi connectivity index (χ1n) is 23.3. The Balaban J connectivity index is 0.000000174. The molecule has 0 saturated carbocycles. The van der Waals surface area contributed by atoms with Gasteiger partial charge in [-0.3, -0.25) is 9.59 Å². The van der Waals surface area contributed by atoms with Crippen molar-refractivity contribution in [2.75, 3.05) is 51.4 Å². The molecule has 6 heterocycles. The lowest BCUT2D eigenvalue weighted by Gasteiger charge is -2.31. The molecule has 2 amide bonds. The molecule has 0 radical (unpaired) electrons. The number of nitrogens with two attached hydrogens (primary N) is 2. The number of nitrogen functional groups attached to an aromatic ring is 2. The van der Waals surface area contributed by atoms with Crippen molar-refractivity contribution >= 4 is 45.5 Å². The summed E-state index contributed by atoms with van der Waals surface area (Å²) in [5.74, 6) is 3.87. The number of carbonyl (C=O) groups is 2. The van der Waals surface area contributed by atoms with Crippen LogP contribution < -0.4 is 20.9 Å². The van der Waals surface area contributed by atoms with Gasteiger partial charge in [-0.1, -0.05) is 48.6 Å². The summed E-state index contributed by atoms with van der Waals surface area (Å²) >= 11 is 0. The number of amides is 2. The van der Waals surface area contributed by atoms with Gasteiger partial charge in [-0.2, -0.15) is 10.2 Å². The van der Waals surface area contributed by atoms with Gasteiger partial charge >= 0.3 is 0 Å². The molecule has 356 valence electrons. The Morgan fingerprint density at radius 2 is 0.971 bits per heavy atom. The average molecular weight is 939 g/mol. The van der Waals surface area contributed by atoms with Crippen LogP contribution in [0.1, 0.15) is 44.7 Å². The van der Waals surface area contributed by atoms with Gasteiger partial charge in [0.25, 0.3) is 0 Å². The van der Waals surface area contributed by atoms with Crippen LogP contribution in [0.25, 0.3) is 44.6 Å². The van der Waals surface area contributed by atoms with Gasteiger partial charge < -0.3 is 35.5 Å². The summed E-state index contributed by atoms with van der Waals surface area (Å²) in [7, 11) is 1.60. The van der Waals surface area contributed by atoms with Crippen LogP contribution >= 0.6 is 0 Å². The van der Waals surface area contributed by atoms with Crippen LogP contribution in [0.2, 0.25) is 0 Å². The van der Waals surface area contributed by atoms with Gasteiger partial charge in [0.1, 0.15) is 58.7 Å². The maximum Gasteiger partial charge on any atom is 0.246 e. The fourth-order valence-electron chi connectivity index (χ4n) is 8.78. The molecule has 0 atom stereocenters. The molecule has 0 bridgehead atoms. The Labute approximate surface area is 405 Å². The quantitative estimate of drug-likeness (QED) is 0.110. The largest absolute Gasteiger partial charge is 0.457 e. The molecule has 2 aliphatic heterocycles. The second-order valence-electron chi connectivity index (χ2n) is 16.9. The summed E-state index contributed by atoms with van der Waals surface area (Å²) in [6, 6.07) is 35.0. The molecule has 4 aromatic heterocycles. The van der Waals surface area contributed by atoms with Crippen LogP contribution in [0.4, 0.5) is 11.6 Å². The van der Waals surface area contributed by atoms with Gasteiger partial charge in [-0.05, 0) is 111 Å². The SMILES string of the molecule is C/C=C/C(=O)N1CCC(n2nc(-c3ccc(Oc4ccccc4)cc3)c3c(N)ncnc32)CC1.COC/C=C/C(=O)N1CCC(n2nc(-c3ccc(Oc4ccccc4)cc3)c3c(N)ncnc32)CC1. The topological polar surface area (TPSA) is 208 Å². The fourth-order valence-corrected chi connectivity index (χ4v) is 8.78. The number of allylic oxidation sites excluding steroid dienone is 1. The summed E-state index contributed by atoms with van der Waals surface area (Å²) in [5, 5.41) is 11.4. The van der Waals surface area contributed by atoms with Crippen molar-refractivity contribution in [1.82, 2.24) is 49.3 Å². The highest BCUT2D eigenvalue weighted by atomic mass is 16.5. The summed E-state index contributed by atoms with van der Waals surface area (Å²) in [6.45, 7) is 4.91. The van der Waals surface area contributed by atoms with Crippen LogP contribution in [0.5, 0.6) is 23.0 Å². The monoisotopic (exact) mass is 938 g/mol. The zero-order chi connectivity index (χ0) is 48.4. The predicted octanol–water partition coefficient (Wildman–Crippen LogP) is 8.84. The van der Waals surface area contributed by atoms with Crippen molar-refractivity contribution in [2.45, 2.75) is 44.7 Å². The van der Waals surface area contributed by atoms with Crippen LogP contribution in [0.3, 0.4) is 0 Å². The van der Waals surface area contributed by atoms with E-state index in [1.807, 2.05) is 135 Å². The maximum absolute atomic E-state index is 12.4. The highest BCUT2D eigenvalue weighted by Crippen LogP contribution is 2.37. The van der Waals surface area contributed by atoms with Gasteiger partial charge in [-0.15, -0.1) is 0 Å². The highest BCUT2D eigenvalue weighted by molar-refractivity contribution is 5.99. The molecule has 17 nitrogen and oxygen atoms in total. The van der Waals surface area contributed by atoms with E-state index in [0.717, 1.165) is 82.0 Å². The summed E-state index contributed by atoms with van der Waals surface area (Å²) in [5.41, 5.74) is 17.3. The molecule has 4 N–H and O–H groups in total. The van der Waals surface area contributed by atoms with Crippen molar-refractivity contribution < 1.29 is 23.8 Å². The minimum Gasteiger partial charge on any atom is -0.457 e. The molecule has 2 saturated heterocycles. The molecule has 8 aromatic rings. The van der Waals surface area contributed by atoms with Crippen LogP contribution in [0.15, 0.2) is 146 Å². The lowest BCUT2D eigenvalue weighted by molar-refractivity contribution is -0.128. The number of nitrogens with zero attached hydrogens (tertiary/aromatic N) is 10. The zero-order valence-corrected chi connectivity index (χ0v) is 39.0. The Kier molecular flexibility index (Phi) is 14.4. The van der Waals surface area contributed by atoms with Crippen molar-refractivity contribution in [3.8, 4) is 45.5 Å². The lowest BCUT2D eigenvalue weighted by atomic mass is 10.1. The molecular formula is C53H54N12O5. The number of likely N-dealkylation sites (tertiary alicyclic amines) is 2. The first kappa shape index (κ1) is 46.7. The molecule has 0 spiro atoms. The van der Waals surface area contributed by atoms with Crippen molar-refractivity contribution in [3.63, 3.8) is 0 Å². The van der Waals surface area contributed by atoms with Gasteiger partial charge in [0.15, 0.2) is 11.3 Å². The van der Waals surface area contributed by atoms with Gasteiger partial charge in [0, 0.05) is 50.5 Å². The van der Waals surface area contributed by atoms with E-state index in [4.69, 9.17) is 35.9 Å². The molecular weight excluding hydrogens is 885 g/mol. The second kappa shape index (κ2) is 21.7. The minimum absolute atomic E-state index is 0.000827. The zero-order valence-electron chi connectivity index (χ0n) is 39.0. The molecule has 0 aliphatic carbocycles. The molecule has 70 heavy (non-hydrogen) atoms. The van der Waals surface area contributed by atoms with E-state index in [0.29, 0.717) is 55.7 Å². The van der Waals surface area contributed by atoms with E-state index >= 15 is 0 Å². The van der Waals surface area contributed by atoms with Crippen LogP contribution in [-0.2, 0) is 14.3 Å². The summed E-state index contributed by atoms with van der Waals surface area (Å²) in [6.07, 6.45) is 12.8. The number of benzene rings is 4. The van der Waals surface area contributed by atoms with E-state index in [-0.39, 0.29) is 23.9 Å². The number of anilines is 2. The third-order valence-corrected chi connectivity index (χ3v) is 12.3. The van der Waals surface area contributed by atoms with E-state index in [9.17, 15) is 9.59 Å². The third-order valence-electron chi connectivity index (χ3n) is 12.3. The van der Waals surface area contributed by atoms with E-state index in [1.165, 1.54) is 12.7 Å². The molecule has 2 fully saturated rings. The Bertz CT molecular complexity index is 3100. The van der Waals surface area contributed by atoms with Crippen LogP contribution in [0, 0.1) is 0 Å². The first-order valence-corrected chi connectivity index (χ1v) is 23.3. The van der Waals surface area contributed by atoms with Gasteiger partial charge in [-0.25, -0.2) is 29.3 Å². The van der Waals surface area contributed by atoms with Gasteiger partial charge in [0.05, 0.1) is 29.5 Å². The number of ether oxygens (including phenoxy) is 3. The Morgan fingerprint density at radius 3 is 1.37 bits per heavy atom. The number of para-hydroxylation sites is 2. The molecule has 2 aliphatic rings. The number of rotatable bonds is 12. The van der Waals surface area contributed by atoms with Crippen LogP contribution in [-0.4, -0.2) is 101 Å². The van der Waals surface area contributed by atoms with Gasteiger partial charge in [0.2, 0.25) is 11.8 Å². The van der Waals surface area contributed by atoms with E-state index in [2.05, 4.69) is 19.9 Å². The number of carbonyl (C=O) groups excluding carboxylic acids is 2. The lowest BCUT2D eigenvalue weighted by Crippen LogP contribution is -2.38. The van der Waals surface area contributed by atoms with E-state index in [1.54, 1.807) is 31.4 Å². The van der Waals surface area contributed by atoms with Crippen molar-refractivity contribution in [3.05, 3.63) is 146 Å². The number of hydrogen-bond donors (Lipinski definition) is 2. The third kappa shape index (κ3) is 10.5. The van der Waals surface area contributed by atoms with Crippen molar-refractivity contribution in [1.29, 1.82) is 0 Å². The maximum atomic E-state index is 12.4. The average Bonchev–Trinajstić information content (AvgIpc) is 3.99. The highest BCUT2D eigenvalue weighted by Gasteiger charge is 2.29. The smallest absolute Gasteiger partial charge is 0.246 e. The fraction of sp³-hybridized carbons (Fsp3) is 0.245. The number of fused-ring (bicyclic) bond motifs is 2. The van der Waals surface area contributed by atoms with Crippen molar-refractivity contribution in [2.24, 2.45) is 0 Å². The predicted molar refractivity (Wildman–Crippen MR) is 269 cm³/mol. The summed E-state index contributed by atoms with van der Waals surface area (Å²) in [4.78, 5) is 45.8. The normalized spacial score (nSPS) is 14.6. The molecule has 0 unspecified atom stereocenters. The number of piperidine rings is 2. The summed E-state index contributed by atoms with van der Waals surface area (Å²) < 4.78 is 20.7. The minimum atomic E-state index is 0.000827. The molecule has 10 rings (SSSR count). The Hall–Kier alpha value is -8.44. The number of hydrogen-bond acceptors (Lipinski definition) is 13.